The van der Waals surface area contributed by atoms with Crippen LogP contribution in [0.25, 0.3) is 0 Å². The molecule has 0 fully saturated rings. The van der Waals surface area contributed by atoms with E-state index in [0.717, 1.165) is 13.0 Å². The number of hydrogen-bond donors (Lipinski definition) is 2. The third kappa shape index (κ3) is 3.77. The number of carbonyl (C=O) groups is 1. The van der Waals surface area contributed by atoms with E-state index >= 15 is 0 Å². The first-order chi connectivity index (χ1) is 9.15. The van der Waals surface area contributed by atoms with Crippen LogP contribution in [0.15, 0.2) is 24.8 Å². The lowest BCUT2D eigenvalue weighted by molar-refractivity contribution is 0.0690. The number of nitrogens with zero attached hydrogens (tertiary/aromatic N) is 4. The molecule has 0 amide bonds. The van der Waals surface area contributed by atoms with Gasteiger partial charge in [0.25, 0.3) is 0 Å². The predicted octanol–water partition coefficient (Wildman–Crippen LogP) is 1.18. The molecule has 2 rings (SSSR count). The van der Waals surface area contributed by atoms with Gasteiger partial charge in [0.1, 0.15) is 0 Å². The number of rotatable bonds is 6. The summed E-state index contributed by atoms with van der Waals surface area (Å²) < 4.78 is 1.97. The Bertz CT molecular complexity index is 553. The molecule has 7 nitrogen and oxygen atoms in total. The minimum absolute atomic E-state index is 0.00427. The van der Waals surface area contributed by atoms with Crippen molar-refractivity contribution in [3.8, 4) is 0 Å². The number of hydrogen-bond acceptors (Lipinski definition) is 5. The molecule has 19 heavy (non-hydrogen) atoms. The van der Waals surface area contributed by atoms with Crippen molar-refractivity contribution >= 4 is 11.9 Å². The number of aryl methyl sites for hydroxylation is 2. The van der Waals surface area contributed by atoms with Gasteiger partial charge in [0.15, 0.2) is 5.69 Å². The van der Waals surface area contributed by atoms with Gasteiger partial charge < -0.3 is 15.0 Å². The quantitative estimate of drug-likeness (QED) is 0.758. The highest BCUT2D eigenvalue weighted by Gasteiger charge is 2.07. The van der Waals surface area contributed by atoms with Crippen molar-refractivity contribution < 1.29 is 9.90 Å². The van der Waals surface area contributed by atoms with Crippen molar-refractivity contribution in [3.63, 3.8) is 0 Å². The van der Waals surface area contributed by atoms with Crippen LogP contribution in [-0.4, -0.2) is 37.1 Å². The zero-order valence-corrected chi connectivity index (χ0v) is 10.6. The first kappa shape index (κ1) is 13.0. The Morgan fingerprint density at radius 2 is 2.32 bits per heavy atom. The summed E-state index contributed by atoms with van der Waals surface area (Å²) in [6.07, 6.45) is 6.25. The molecular weight excluding hydrogens is 246 g/mol. The summed E-state index contributed by atoms with van der Waals surface area (Å²) in [6, 6.07) is 1.44. The molecule has 0 aliphatic carbocycles. The van der Waals surface area contributed by atoms with Crippen molar-refractivity contribution in [3.05, 3.63) is 36.2 Å². The Kier molecular flexibility index (Phi) is 4.07. The number of aromatic nitrogens is 4. The predicted molar refractivity (Wildman–Crippen MR) is 69.1 cm³/mol. The van der Waals surface area contributed by atoms with Gasteiger partial charge in [-0.05, 0) is 19.4 Å². The third-order valence-electron chi connectivity index (χ3n) is 2.51. The van der Waals surface area contributed by atoms with Crippen LogP contribution < -0.4 is 5.32 Å². The van der Waals surface area contributed by atoms with Gasteiger partial charge in [-0.2, -0.15) is 0 Å². The second kappa shape index (κ2) is 5.94. The summed E-state index contributed by atoms with van der Waals surface area (Å²) in [5.74, 6) is -0.699. The van der Waals surface area contributed by atoms with E-state index in [9.17, 15) is 4.79 Å². The summed E-state index contributed by atoms with van der Waals surface area (Å²) >= 11 is 0. The van der Waals surface area contributed by atoms with Gasteiger partial charge >= 0.3 is 5.97 Å². The van der Waals surface area contributed by atoms with Gasteiger partial charge in [-0.25, -0.2) is 19.7 Å². The van der Waals surface area contributed by atoms with Crippen LogP contribution >= 0.6 is 0 Å². The molecule has 0 radical (unpaired) electrons. The maximum Gasteiger partial charge on any atom is 0.354 e. The van der Waals surface area contributed by atoms with Crippen molar-refractivity contribution in [1.29, 1.82) is 0 Å². The third-order valence-corrected chi connectivity index (χ3v) is 2.51. The summed E-state index contributed by atoms with van der Waals surface area (Å²) in [6.45, 7) is 3.25. The zero-order valence-electron chi connectivity index (χ0n) is 10.6. The van der Waals surface area contributed by atoms with E-state index in [2.05, 4.69) is 20.3 Å². The normalized spacial score (nSPS) is 10.4. The molecule has 7 heteroatoms. The topological polar surface area (TPSA) is 92.9 Å². The number of carboxylic acids is 1. The second-order valence-corrected chi connectivity index (χ2v) is 4.10. The smallest absolute Gasteiger partial charge is 0.354 e. The number of nitrogens with one attached hydrogen (secondary N) is 1. The van der Waals surface area contributed by atoms with E-state index in [1.807, 2.05) is 10.8 Å². The Labute approximate surface area is 110 Å². The maximum atomic E-state index is 10.9. The molecule has 0 saturated heterocycles. The molecule has 0 aliphatic rings. The van der Waals surface area contributed by atoms with Crippen LogP contribution in [0, 0.1) is 6.92 Å². The molecule has 0 unspecified atom stereocenters. The Morgan fingerprint density at radius 1 is 1.47 bits per heavy atom. The van der Waals surface area contributed by atoms with Gasteiger partial charge in [-0.15, -0.1) is 0 Å². The standard InChI is InChI=1S/C12H15N5O2/c1-9-7-10(11(18)19)16-12(15-9)14-3-2-5-17-6-4-13-8-17/h4,6-8H,2-3,5H2,1H3,(H,18,19)(H,14,15,16). The highest BCUT2D eigenvalue weighted by molar-refractivity contribution is 5.85. The molecule has 0 atom stereocenters. The minimum atomic E-state index is -1.05. The molecule has 0 saturated carbocycles. The summed E-state index contributed by atoms with van der Waals surface area (Å²) in [7, 11) is 0. The Morgan fingerprint density at radius 3 is 3.00 bits per heavy atom. The van der Waals surface area contributed by atoms with E-state index in [-0.39, 0.29) is 5.69 Å². The van der Waals surface area contributed by atoms with Crippen molar-refractivity contribution in [2.24, 2.45) is 0 Å². The molecule has 2 aromatic heterocycles. The molecule has 100 valence electrons. The summed E-state index contributed by atoms with van der Waals surface area (Å²) in [5.41, 5.74) is 0.633. The van der Waals surface area contributed by atoms with Gasteiger partial charge in [-0.3, -0.25) is 0 Å². The van der Waals surface area contributed by atoms with Crippen LogP contribution in [0.4, 0.5) is 5.95 Å². The first-order valence-corrected chi connectivity index (χ1v) is 5.94. The Balaban J connectivity index is 1.87. The van der Waals surface area contributed by atoms with Crippen LogP contribution in [-0.2, 0) is 6.54 Å². The molecule has 0 aliphatic heterocycles. The molecule has 2 N–H and O–H groups in total. The van der Waals surface area contributed by atoms with Gasteiger partial charge in [-0.1, -0.05) is 0 Å². The molecule has 0 spiro atoms. The van der Waals surface area contributed by atoms with Crippen LogP contribution in [0.1, 0.15) is 22.6 Å². The lowest BCUT2D eigenvalue weighted by Gasteiger charge is -2.06. The van der Waals surface area contributed by atoms with Crippen molar-refractivity contribution in [2.75, 3.05) is 11.9 Å². The lowest BCUT2D eigenvalue weighted by Crippen LogP contribution is -2.11. The van der Waals surface area contributed by atoms with E-state index in [4.69, 9.17) is 5.11 Å². The SMILES string of the molecule is Cc1cc(C(=O)O)nc(NCCCn2ccnc2)n1. The minimum Gasteiger partial charge on any atom is -0.477 e. The summed E-state index contributed by atoms with van der Waals surface area (Å²) in [5, 5.41) is 11.9. The Hall–Kier alpha value is -2.44. The number of carboxylic acid groups (broad SMARTS) is 1. The van der Waals surface area contributed by atoms with Crippen LogP contribution in [0.3, 0.4) is 0 Å². The largest absolute Gasteiger partial charge is 0.477 e. The van der Waals surface area contributed by atoms with Crippen molar-refractivity contribution in [2.45, 2.75) is 19.9 Å². The summed E-state index contributed by atoms with van der Waals surface area (Å²) in [4.78, 5) is 22.9. The van der Waals surface area contributed by atoms with Gasteiger partial charge in [0.05, 0.1) is 6.33 Å². The molecule has 2 aromatic rings. The molecule has 0 bridgehead atoms. The molecule has 2 heterocycles. The van der Waals surface area contributed by atoms with E-state index < -0.39 is 5.97 Å². The maximum absolute atomic E-state index is 10.9. The lowest BCUT2D eigenvalue weighted by atomic mass is 10.3. The number of anilines is 1. The van der Waals surface area contributed by atoms with E-state index in [0.29, 0.717) is 18.2 Å². The average molecular weight is 261 g/mol. The van der Waals surface area contributed by atoms with Crippen LogP contribution in [0.2, 0.25) is 0 Å². The number of aromatic carboxylic acids is 1. The van der Waals surface area contributed by atoms with E-state index in [1.165, 1.54) is 6.07 Å². The second-order valence-electron chi connectivity index (χ2n) is 4.10. The zero-order chi connectivity index (χ0) is 13.7. The first-order valence-electron chi connectivity index (χ1n) is 5.94. The highest BCUT2D eigenvalue weighted by Crippen LogP contribution is 2.05. The molecule has 0 aromatic carbocycles. The monoisotopic (exact) mass is 261 g/mol. The fourth-order valence-electron chi connectivity index (χ4n) is 1.64. The van der Waals surface area contributed by atoms with E-state index in [1.54, 1.807) is 19.4 Å². The fourth-order valence-corrected chi connectivity index (χ4v) is 1.64. The number of imidazole rings is 1. The molecular formula is C12H15N5O2. The van der Waals surface area contributed by atoms with Crippen LogP contribution in [0.5, 0.6) is 0 Å². The highest BCUT2D eigenvalue weighted by atomic mass is 16.4. The van der Waals surface area contributed by atoms with Crippen molar-refractivity contribution in [1.82, 2.24) is 19.5 Å². The average Bonchev–Trinajstić information content (AvgIpc) is 2.87. The van der Waals surface area contributed by atoms with Gasteiger partial charge in [0, 0.05) is 31.2 Å². The fraction of sp³-hybridized carbons (Fsp3) is 0.333. The van der Waals surface area contributed by atoms with Gasteiger partial charge in [0.2, 0.25) is 5.95 Å².